The Morgan fingerprint density at radius 1 is 1.16 bits per heavy atom. The van der Waals surface area contributed by atoms with Crippen LogP contribution >= 0.6 is 0 Å². The first-order valence-electron chi connectivity index (χ1n) is 6.87. The van der Waals surface area contributed by atoms with Gasteiger partial charge in [0.05, 0.1) is 0 Å². The Bertz CT molecular complexity index is 480. The van der Waals surface area contributed by atoms with E-state index < -0.39 is 18.4 Å². The fourth-order valence-electron chi connectivity index (χ4n) is 2.50. The number of hydrogen-bond acceptors (Lipinski definition) is 2. The molecule has 0 atom stereocenters. The van der Waals surface area contributed by atoms with Gasteiger partial charge in [-0.05, 0) is 0 Å². The van der Waals surface area contributed by atoms with Crippen LogP contribution in [0, 0.1) is 0 Å². The molecule has 0 saturated carbocycles. The topological polar surface area (TPSA) is 29.5 Å². The number of carbonyl (C=O) groups excluding carboxylic acids is 1. The van der Waals surface area contributed by atoms with Crippen molar-refractivity contribution in [1.29, 1.82) is 0 Å². The molecule has 4 heteroatoms. The molecule has 0 N–H and O–H groups in total. The molecule has 0 aromatic heterocycles. The van der Waals surface area contributed by atoms with Crippen LogP contribution in [0.1, 0.15) is 11.1 Å². The van der Waals surface area contributed by atoms with Crippen molar-refractivity contribution < 1.29 is 9.53 Å². The third kappa shape index (κ3) is 3.44. The average molecular weight is 368 g/mol. The SMILES string of the molecule is COC(=O)N1CCc2cc[c]([Sn]([CH3])([CH3])[CH3])cc2CC1. The van der Waals surface area contributed by atoms with Crippen LogP contribution in [-0.4, -0.2) is 49.6 Å². The van der Waals surface area contributed by atoms with E-state index >= 15 is 0 Å². The Morgan fingerprint density at radius 2 is 1.79 bits per heavy atom. The summed E-state index contributed by atoms with van der Waals surface area (Å²) in [6, 6.07) is 6.97. The molecule has 3 nitrogen and oxygen atoms in total. The van der Waals surface area contributed by atoms with Crippen molar-refractivity contribution in [3.63, 3.8) is 0 Å². The van der Waals surface area contributed by atoms with E-state index in [4.69, 9.17) is 4.74 Å². The molecule has 0 radical (unpaired) electrons. The van der Waals surface area contributed by atoms with Gasteiger partial charge in [-0.15, -0.1) is 0 Å². The first kappa shape index (κ1) is 14.7. The van der Waals surface area contributed by atoms with Crippen molar-refractivity contribution in [3.05, 3.63) is 29.3 Å². The quantitative estimate of drug-likeness (QED) is 0.713. The first-order valence-corrected chi connectivity index (χ1v) is 16.9. The summed E-state index contributed by atoms with van der Waals surface area (Å²) in [4.78, 5) is 20.7. The standard InChI is InChI=1S/C12H14NO2.3CH3.Sn/c1-15-12(14)13-8-6-10-4-2-3-5-11(10)7-9-13;;;;/h2,4-5H,6-9H2,1H3;3*1H3;. The van der Waals surface area contributed by atoms with E-state index in [-0.39, 0.29) is 6.09 Å². The maximum absolute atomic E-state index is 11.6. The van der Waals surface area contributed by atoms with E-state index in [1.54, 1.807) is 8.48 Å². The van der Waals surface area contributed by atoms with Crippen LogP contribution in [0.25, 0.3) is 0 Å². The molecule has 1 amide bonds. The predicted molar refractivity (Wildman–Crippen MR) is 80.8 cm³/mol. The molecule has 1 aliphatic rings. The van der Waals surface area contributed by atoms with E-state index in [0.717, 1.165) is 25.9 Å². The molecule has 2 rings (SSSR count). The summed E-state index contributed by atoms with van der Waals surface area (Å²) in [6.07, 6.45) is 1.67. The van der Waals surface area contributed by atoms with Gasteiger partial charge in [-0.2, -0.15) is 0 Å². The molecule has 1 aromatic rings. The van der Waals surface area contributed by atoms with Gasteiger partial charge in [-0.3, -0.25) is 0 Å². The van der Waals surface area contributed by atoms with Crippen molar-refractivity contribution in [3.8, 4) is 0 Å². The zero-order valence-corrected chi connectivity index (χ0v) is 15.2. The van der Waals surface area contributed by atoms with E-state index in [9.17, 15) is 4.79 Å². The van der Waals surface area contributed by atoms with Crippen LogP contribution in [0.3, 0.4) is 0 Å². The molecule has 19 heavy (non-hydrogen) atoms. The van der Waals surface area contributed by atoms with Gasteiger partial charge in [-0.25, -0.2) is 0 Å². The monoisotopic (exact) mass is 369 g/mol. The van der Waals surface area contributed by atoms with Gasteiger partial charge in [0, 0.05) is 0 Å². The third-order valence-electron chi connectivity index (χ3n) is 3.81. The number of ether oxygens (including phenoxy) is 1. The third-order valence-corrected chi connectivity index (χ3v) is 9.64. The molecule has 0 fully saturated rings. The number of benzene rings is 1. The summed E-state index contributed by atoms with van der Waals surface area (Å²) < 4.78 is 6.39. The van der Waals surface area contributed by atoms with Crippen LogP contribution in [0.2, 0.25) is 14.8 Å². The Balaban J connectivity index is 2.21. The van der Waals surface area contributed by atoms with Gasteiger partial charge < -0.3 is 0 Å². The van der Waals surface area contributed by atoms with Gasteiger partial charge >= 0.3 is 120 Å². The number of fused-ring (bicyclic) bond motifs is 1. The summed E-state index contributed by atoms with van der Waals surface area (Å²) in [7, 11) is 1.45. The van der Waals surface area contributed by atoms with Crippen LogP contribution in [0.4, 0.5) is 4.79 Å². The number of methoxy groups -OCH3 is 1. The molecule has 1 aromatic carbocycles. The van der Waals surface area contributed by atoms with E-state index in [0.29, 0.717) is 0 Å². The molecule has 0 unspecified atom stereocenters. The van der Waals surface area contributed by atoms with Crippen molar-refractivity contribution in [2.75, 3.05) is 20.2 Å². The van der Waals surface area contributed by atoms with Crippen LogP contribution in [-0.2, 0) is 17.6 Å². The maximum atomic E-state index is 11.6. The second-order valence-electron chi connectivity index (χ2n) is 6.19. The van der Waals surface area contributed by atoms with Crippen molar-refractivity contribution >= 4 is 28.0 Å². The molecular weight excluding hydrogens is 345 g/mol. The van der Waals surface area contributed by atoms with E-state index in [1.165, 1.54) is 18.2 Å². The van der Waals surface area contributed by atoms with Crippen LogP contribution in [0.15, 0.2) is 18.2 Å². The second kappa shape index (κ2) is 5.73. The summed E-state index contributed by atoms with van der Waals surface area (Å²) in [5.41, 5.74) is 2.82. The summed E-state index contributed by atoms with van der Waals surface area (Å²) in [5, 5.41) is 0. The van der Waals surface area contributed by atoms with Gasteiger partial charge in [0.2, 0.25) is 0 Å². The zero-order valence-electron chi connectivity index (χ0n) is 12.3. The van der Waals surface area contributed by atoms with E-state index in [1.807, 2.05) is 0 Å². The minimum atomic E-state index is -1.99. The molecule has 0 saturated heterocycles. The molecule has 1 aliphatic heterocycles. The predicted octanol–water partition coefficient (Wildman–Crippen LogP) is 2.40. The molecular formula is C15H23NO2Sn. The molecule has 0 spiro atoms. The van der Waals surface area contributed by atoms with E-state index in [2.05, 4.69) is 33.0 Å². The summed E-state index contributed by atoms with van der Waals surface area (Å²) in [6.45, 7) is 1.53. The number of carbonyl (C=O) groups is 1. The molecule has 0 aliphatic carbocycles. The number of nitrogens with zero attached hydrogens (tertiary/aromatic N) is 1. The number of rotatable bonds is 1. The normalized spacial score (nSPS) is 15.7. The van der Waals surface area contributed by atoms with Crippen LogP contribution < -0.4 is 3.58 Å². The number of amides is 1. The average Bonchev–Trinajstić information content (AvgIpc) is 2.58. The minimum absolute atomic E-state index is 0.206. The first-order chi connectivity index (χ1) is 8.91. The fourth-order valence-corrected chi connectivity index (χ4v) is 5.90. The van der Waals surface area contributed by atoms with Crippen molar-refractivity contribution in [2.45, 2.75) is 27.7 Å². The molecule has 104 valence electrons. The zero-order chi connectivity index (χ0) is 14.0. The van der Waals surface area contributed by atoms with Gasteiger partial charge in [-0.1, -0.05) is 0 Å². The Labute approximate surface area is 119 Å². The Morgan fingerprint density at radius 3 is 2.37 bits per heavy atom. The fraction of sp³-hybridized carbons (Fsp3) is 0.533. The van der Waals surface area contributed by atoms with Gasteiger partial charge in [0.1, 0.15) is 0 Å². The van der Waals surface area contributed by atoms with Crippen molar-refractivity contribution in [2.24, 2.45) is 0 Å². The summed E-state index contributed by atoms with van der Waals surface area (Å²) >= 11 is -1.99. The Hall–Kier alpha value is -0.711. The number of hydrogen-bond donors (Lipinski definition) is 0. The van der Waals surface area contributed by atoms with Crippen LogP contribution in [0.5, 0.6) is 0 Å². The van der Waals surface area contributed by atoms with Gasteiger partial charge in [0.25, 0.3) is 0 Å². The van der Waals surface area contributed by atoms with Gasteiger partial charge in [0.15, 0.2) is 0 Å². The van der Waals surface area contributed by atoms with Crippen molar-refractivity contribution in [1.82, 2.24) is 4.90 Å². The Kier molecular flexibility index (Phi) is 4.43. The summed E-state index contributed by atoms with van der Waals surface area (Å²) in [5.74, 6) is 0. The second-order valence-corrected chi connectivity index (χ2v) is 20.7. The molecule has 1 heterocycles. The molecule has 0 bridgehead atoms.